The van der Waals surface area contributed by atoms with Crippen LogP contribution in [-0.4, -0.2) is 37.2 Å². The lowest BCUT2D eigenvalue weighted by Crippen LogP contribution is -2.24. The number of thiophene rings is 1. The number of hydrogen-bond acceptors (Lipinski definition) is 5. The van der Waals surface area contributed by atoms with E-state index in [2.05, 4.69) is 10.1 Å². The summed E-state index contributed by atoms with van der Waals surface area (Å²) < 4.78 is 34.1. The molecule has 0 aliphatic carbocycles. The number of amides is 1. The highest BCUT2D eigenvalue weighted by Crippen LogP contribution is 2.29. The molecule has 0 atom stereocenters. The minimum absolute atomic E-state index is 0.0779. The lowest BCUT2D eigenvalue weighted by Gasteiger charge is -2.11. The van der Waals surface area contributed by atoms with Crippen molar-refractivity contribution >= 4 is 23.2 Å². The summed E-state index contributed by atoms with van der Waals surface area (Å²) in [5, 5.41) is 11.5. The summed E-state index contributed by atoms with van der Waals surface area (Å²) in [6.07, 6.45) is 0.381. The fourth-order valence-corrected chi connectivity index (χ4v) is 2.81. The Hall–Kier alpha value is -2.68. The number of hydrogen-bond donors (Lipinski definition) is 2. The first-order chi connectivity index (χ1) is 11.9. The average Bonchev–Trinajstić information content (AvgIpc) is 3.05. The fraction of sp³-hybridized carbons (Fsp3) is 0.250. The molecule has 9 heteroatoms. The summed E-state index contributed by atoms with van der Waals surface area (Å²) >= 11 is 0.878. The molecule has 25 heavy (non-hydrogen) atoms. The van der Waals surface area contributed by atoms with Gasteiger partial charge in [0.2, 0.25) is 0 Å². The van der Waals surface area contributed by atoms with Gasteiger partial charge in [-0.3, -0.25) is 4.79 Å². The Morgan fingerprint density at radius 3 is 2.52 bits per heavy atom. The van der Waals surface area contributed by atoms with Crippen molar-refractivity contribution < 1.29 is 33.0 Å². The minimum atomic E-state index is -2.97. The van der Waals surface area contributed by atoms with Crippen LogP contribution in [0.2, 0.25) is 0 Å². The van der Waals surface area contributed by atoms with Crippen molar-refractivity contribution in [3.63, 3.8) is 0 Å². The Balaban J connectivity index is 1.94. The van der Waals surface area contributed by atoms with Crippen LogP contribution in [0.3, 0.4) is 0 Å². The normalized spacial score (nSPS) is 10.6. The van der Waals surface area contributed by atoms with Crippen molar-refractivity contribution in [2.75, 3.05) is 13.7 Å². The second-order valence-corrected chi connectivity index (χ2v) is 5.92. The molecule has 0 aliphatic heterocycles. The molecular weight excluding hydrogens is 356 g/mol. The number of aromatic carboxylic acids is 1. The SMILES string of the molecule is COc1ccc(CCNC(=O)c2ccc(C(=O)O)s2)cc1OC(F)F. The molecule has 1 aromatic heterocycles. The van der Waals surface area contributed by atoms with Crippen molar-refractivity contribution in [2.45, 2.75) is 13.0 Å². The lowest BCUT2D eigenvalue weighted by molar-refractivity contribution is -0.0512. The van der Waals surface area contributed by atoms with Crippen molar-refractivity contribution in [1.82, 2.24) is 5.32 Å². The molecule has 0 saturated carbocycles. The van der Waals surface area contributed by atoms with Gasteiger partial charge in [0.05, 0.1) is 12.0 Å². The van der Waals surface area contributed by atoms with Gasteiger partial charge < -0.3 is 19.9 Å². The number of rotatable bonds is 8. The summed E-state index contributed by atoms with van der Waals surface area (Å²) in [7, 11) is 1.35. The number of carboxylic acids is 1. The van der Waals surface area contributed by atoms with Crippen LogP contribution < -0.4 is 14.8 Å². The van der Waals surface area contributed by atoms with Crippen LogP contribution >= 0.6 is 11.3 Å². The average molecular weight is 371 g/mol. The van der Waals surface area contributed by atoms with Gasteiger partial charge in [-0.25, -0.2) is 4.79 Å². The maximum absolute atomic E-state index is 12.4. The molecule has 2 N–H and O–H groups in total. The fourth-order valence-electron chi connectivity index (χ4n) is 2.05. The van der Waals surface area contributed by atoms with Gasteiger partial charge in [0.1, 0.15) is 4.88 Å². The van der Waals surface area contributed by atoms with Crippen LogP contribution in [-0.2, 0) is 6.42 Å². The maximum atomic E-state index is 12.4. The third kappa shape index (κ3) is 5.15. The minimum Gasteiger partial charge on any atom is -0.493 e. The topological polar surface area (TPSA) is 84.9 Å². The first kappa shape index (κ1) is 18.7. The summed E-state index contributed by atoms with van der Waals surface area (Å²) in [5.74, 6) is -1.37. The second-order valence-electron chi connectivity index (χ2n) is 4.84. The number of methoxy groups -OCH3 is 1. The van der Waals surface area contributed by atoms with E-state index < -0.39 is 18.5 Å². The molecule has 0 radical (unpaired) electrons. The highest BCUT2D eigenvalue weighted by atomic mass is 32.1. The zero-order valence-corrected chi connectivity index (χ0v) is 13.9. The van der Waals surface area contributed by atoms with Gasteiger partial charge in [-0.15, -0.1) is 11.3 Å². The Morgan fingerprint density at radius 1 is 1.20 bits per heavy atom. The standard InChI is InChI=1S/C16H15F2NO5S/c1-23-10-3-2-9(8-11(10)24-16(17)18)6-7-19-14(20)12-4-5-13(25-12)15(21)22/h2-5,8,16H,6-7H2,1H3,(H,19,20)(H,21,22). The molecule has 6 nitrogen and oxygen atoms in total. The molecule has 1 amide bonds. The van der Waals surface area contributed by atoms with Crippen LogP contribution in [0.4, 0.5) is 8.78 Å². The van der Waals surface area contributed by atoms with Gasteiger partial charge in [-0.05, 0) is 36.2 Å². The van der Waals surface area contributed by atoms with Crippen LogP contribution in [0.25, 0.3) is 0 Å². The quantitative estimate of drug-likeness (QED) is 0.745. The van der Waals surface area contributed by atoms with Gasteiger partial charge in [0.15, 0.2) is 11.5 Å². The number of alkyl halides is 2. The van der Waals surface area contributed by atoms with E-state index in [1.165, 1.54) is 31.4 Å². The molecule has 2 rings (SSSR count). The van der Waals surface area contributed by atoms with Crippen molar-refractivity contribution in [1.29, 1.82) is 0 Å². The highest BCUT2D eigenvalue weighted by Gasteiger charge is 2.13. The maximum Gasteiger partial charge on any atom is 0.387 e. The molecule has 0 bridgehead atoms. The van der Waals surface area contributed by atoms with Gasteiger partial charge in [0, 0.05) is 6.54 Å². The number of carbonyl (C=O) groups is 2. The monoisotopic (exact) mass is 371 g/mol. The Labute approximate surface area is 146 Å². The van der Waals surface area contributed by atoms with Crippen LogP contribution in [0.5, 0.6) is 11.5 Å². The summed E-state index contributed by atoms with van der Waals surface area (Å²) in [6, 6.07) is 7.40. The predicted molar refractivity (Wildman–Crippen MR) is 86.9 cm³/mol. The molecular formula is C16H15F2NO5S. The first-order valence-electron chi connectivity index (χ1n) is 7.13. The zero-order valence-electron chi connectivity index (χ0n) is 13.1. The van der Waals surface area contributed by atoms with E-state index in [1.807, 2.05) is 0 Å². The number of nitrogens with one attached hydrogen (secondary N) is 1. The van der Waals surface area contributed by atoms with E-state index in [0.717, 1.165) is 11.3 Å². The number of halogens is 2. The predicted octanol–water partition coefficient (Wildman–Crippen LogP) is 3.03. The van der Waals surface area contributed by atoms with Gasteiger partial charge >= 0.3 is 12.6 Å². The molecule has 0 unspecified atom stereocenters. The summed E-state index contributed by atoms with van der Waals surface area (Å²) in [6.45, 7) is -2.72. The number of carbonyl (C=O) groups excluding carboxylic acids is 1. The number of benzene rings is 1. The molecule has 1 aromatic carbocycles. The lowest BCUT2D eigenvalue weighted by atomic mass is 10.1. The highest BCUT2D eigenvalue weighted by molar-refractivity contribution is 7.15. The smallest absolute Gasteiger partial charge is 0.387 e. The largest absolute Gasteiger partial charge is 0.493 e. The van der Waals surface area contributed by atoms with Crippen molar-refractivity contribution in [3.8, 4) is 11.5 Å². The van der Waals surface area contributed by atoms with Crippen molar-refractivity contribution in [2.24, 2.45) is 0 Å². The first-order valence-corrected chi connectivity index (χ1v) is 7.95. The van der Waals surface area contributed by atoms with E-state index in [9.17, 15) is 18.4 Å². The van der Waals surface area contributed by atoms with E-state index in [1.54, 1.807) is 6.07 Å². The second kappa shape index (κ2) is 8.43. The van der Waals surface area contributed by atoms with E-state index >= 15 is 0 Å². The summed E-state index contributed by atoms with van der Waals surface area (Å²) in [5.41, 5.74) is 0.675. The molecule has 0 fully saturated rings. The van der Waals surface area contributed by atoms with Crippen LogP contribution in [0.15, 0.2) is 30.3 Å². The molecule has 2 aromatic rings. The Bertz CT molecular complexity index is 763. The number of carboxylic acid groups (broad SMARTS) is 1. The molecule has 0 saturated heterocycles. The molecule has 134 valence electrons. The zero-order chi connectivity index (χ0) is 18.4. The van der Waals surface area contributed by atoms with Gasteiger partial charge in [-0.2, -0.15) is 8.78 Å². The third-order valence-electron chi connectivity index (χ3n) is 3.18. The number of ether oxygens (including phenoxy) is 2. The Morgan fingerprint density at radius 2 is 1.92 bits per heavy atom. The molecule has 0 spiro atoms. The van der Waals surface area contributed by atoms with E-state index in [-0.39, 0.29) is 27.8 Å². The van der Waals surface area contributed by atoms with Crippen LogP contribution in [0.1, 0.15) is 24.9 Å². The summed E-state index contributed by atoms with van der Waals surface area (Å²) in [4.78, 5) is 23.1. The Kier molecular flexibility index (Phi) is 6.29. The van der Waals surface area contributed by atoms with Gasteiger partial charge in [-0.1, -0.05) is 6.07 Å². The van der Waals surface area contributed by atoms with E-state index in [0.29, 0.717) is 12.0 Å². The molecule has 1 heterocycles. The van der Waals surface area contributed by atoms with Crippen molar-refractivity contribution in [3.05, 3.63) is 45.6 Å². The van der Waals surface area contributed by atoms with Gasteiger partial charge in [0.25, 0.3) is 5.91 Å². The molecule has 0 aliphatic rings. The van der Waals surface area contributed by atoms with Crippen LogP contribution in [0, 0.1) is 0 Å². The third-order valence-corrected chi connectivity index (χ3v) is 4.26. The van der Waals surface area contributed by atoms with E-state index in [4.69, 9.17) is 9.84 Å².